The quantitative estimate of drug-likeness (QED) is 0.0540. The zero-order valence-electron chi connectivity index (χ0n) is 39.2. The van der Waals surface area contributed by atoms with Crippen LogP contribution in [0.2, 0.25) is 10.0 Å². The van der Waals surface area contributed by atoms with E-state index in [1.165, 1.54) is 14.2 Å². The Bertz CT molecular complexity index is 2150. The Kier molecular flexibility index (Phi) is 27.7. The van der Waals surface area contributed by atoms with E-state index in [1.807, 2.05) is 0 Å². The third-order valence-corrected chi connectivity index (χ3v) is 10.0. The summed E-state index contributed by atoms with van der Waals surface area (Å²) in [6.45, 7) is 8.83. The van der Waals surface area contributed by atoms with Gasteiger partial charge >= 0.3 is 41.8 Å². The van der Waals surface area contributed by atoms with Gasteiger partial charge in [0.25, 0.3) is 0 Å². The average Bonchev–Trinajstić information content (AvgIpc) is 3.31. The van der Waals surface area contributed by atoms with Gasteiger partial charge in [0.1, 0.15) is 0 Å². The lowest BCUT2D eigenvalue weighted by Crippen LogP contribution is -2.39. The van der Waals surface area contributed by atoms with Crippen LogP contribution in [-0.2, 0) is 57.2 Å². The van der Waals surface area contributed by atoms with Crippen LogP contribution < -0.4 is 33.6 Å². The van der Waals surface area contributed by atoms with E-state index in [9.17, 15) is 28.8 Å². The summed E-state index contributed by atoms with van der Waals surface area (Å²) in [7, 11) is 2.58. The number of urea groups is 1. The van der Waals surface area contributed by atoms with Crippen LogP contribution in [0.5, 0.6) is 0 Å². The van der Waals surface area contributed by atoms with Gasteiger partial charge in [-0.1, -0.05) is 59.6 Å². The maximum atomic E-state index is 12.9. The number of halogens is 2. The molecule has 0 aliphatic carbocycles. The number of amides is 2. The standard InChI is InChI=1S/2C20H25ClN2O5.C4H6O6.CH4N2O/c2*1-4-28-20(25)18-15(11-27-10-9-22)23-12(2)16(19(24)26-3)17(18)13-7-5-6-8-14(13)21;5-1(3(7)8)2(6)4(9)10;2-1(3)4/h2*5-8,17,23H,4,9-11,22H2,1-3H3;1-2,5-6H,(H,7,8)(H,9,10);(H4,2,3,4)/t2*17-;1-,2-;/m000./s1. The van der Waals surface area contributed by atoms with E-state index in [0.29, 0.717) is 81.4 Å². The lowest BCUT2D eigenvalue weighted by molar-refractivity contribution is -0.165. The Balaban J connectivity index is 0.000000552. The molecule has 2 aliphatic rings. The predicted octanol–water partition coefficient (Wildman–Crippen LogP) is 1.43. The number of primary amides is 2. The molecule has 0 fully saturated rings. The molecule has 70 heavy (non-hydrogen) atoms. The number of benzene rings is 2. The molecular weight excluding hydrogens is 967 g/mol. The third kappa shape index (κ3) is 18.1. The van der Waals surface area contributed by atoms with Crippen LogP contribution in [0, 0.1) is 0 Å². The van der Waals surface area contributed by atoms with Crippen LogP contribution in [0.3, 0.4) is 0 Å². The second-order valence-electron chi connectivity index (χ2n) is 14.1. The molecule has 25 heteroatoms. The first-order valence-electron chi connectivity index (χ1n) is 20.9. The second kappa shape index (κ2) is 31.5. The summed E-state index contributed by atoms with van der Waals surface area (Å²) >= 11 is 12.8. The fourth-order valence-corrected chi connectivity index (χ4v) is 7.00. The predicted molar refractivity (Wildman–Crippen MR) is 252 cm³/mol. The van der Waals surface area contributed by atoms with Crippen molar-refractivity contribution in [1.82, 2.24) is 10.6 Å². The van der Waals surface area contributed by atoms with Gasteiger partial charge < -0.3 is 82.4 Å². The number of hydrogen-bond acceptors (Lipinski definition) is 19. The highest BCUT2D eigenvalue weighted by molar-refractivity contribution is 6.32. The van der Waals surface area contributed by atoms with Crippen molar-refractivity contribution < 1.29 is 82.4 Å². The molecule has 386 valence electrons. The molecule has 0 saturated carbocycles. The zero-order valence-corrected chi connectivity index (χ0v) is 40.8. The van der Waals surface area contributed by atoms with Crippen molar-refractivity contribution in [2.24, 2.45) is 22.9 Å². The number of carboxylic acids is 2. The summed E-state index contributed by atoms with van der Waals surface area (Å²) in [5.41, 5.74) is 23.9. The number of esters is 4. The number of rotatable bonds is 19. The number of allylic oxidation sites excluding steroid dienone is 2. The topological polar surface area (TPSA) is 384 Å². The Hall–Kier alpha value is -6.57. The van der Waals surface area contributed by atoms with Crippen LogP contribution in [0.15, 0.2) is 93.6 Å². The SMILES string of the molecule is CCOC(=O)C1=C(COCCN)NC(C)=C(C(=O)OC)[C@@H]1c1ccccc1Cl.CCOC(=O)C1=C(COCCN)NC(C)=C(C(=O)OC)[C@@H]1c1ccccc1Cl.NC(N)=O.O=C(O)[C@@H](O)[C@H](O)C(=O)O. The molecule has 2 aromatic rings. The molecule has 23 nitrogen and oxygen atoms in total. The number of carbonyl (C=O) groups excluding carboxylic acids is 5. The van der Waals surface area contributed by atoms with E-state index in [4.69, 9.17) is 88.3 Å². The molecule has 2 aliphatic heterocycles. The van der Waals surface area contributed by atoms with Gasteiger partial charge in [0, 0.05) is 34.5 Å². The fraction of sp³-hybridized carbons (Fsp3) is 0.400. The van der Waals surface area contributed by atoms with E-state index in [1.54, 1.807) is 76.2 Å². The maximum Gasteiger partial charge on any atom is 0.336 e. The van der Waals surface area contributed by atoms with Gasteiger partial charge in [-0.15, -0.1) is 0 Å². The maximum absolute atomic E-state index is 12.9. The van der Waals surface area contributed by atoms with E-state index in [-0.39, 0.29) is 37.6 Å². The molecule has 0 bridgehead atoms. The van der Waals surface area contributed by atoms with Crippen molar-refractivity contribution in [2.45, 2.75) is 51.7 Å². The number of aliphatic hydroxyl groups excluding tert-OH is 2. The van der Waals surface area contributed by atoms with Gasteiger partial charge in [-0.3, -0.25) is 0 Å². The number of aliphatic hydroxyl groups is 2. The lowest BCUT2D eigenvalue weighted by Gasteiger charge is -2.31. The first-order valence-corrected chi connectivity index (χ1v) is 21.7. The van der Waals surface area contributed by atoms with Gasteiger partial charge in [-0.25, -0.2) is 33.6 Å². The van der Waals surface area contributed by atoms with E-state index in [0.717, 1.165) is 0 Å². The number of hydrogen-bond donors (Lipinski definition) is 10. The Morgan fingerprint density at radius 1 is 0.600 bits per heavy atom. The van der Waals surface area contributed by atoms with Crippen molar-refractivity contribution >= 4 is 65.0 Å². The van der Waals surface area contributed by atoms with Gasteiger partial charge in [-0.05, 0) is 51.0 Å². The van der Waals surface area contributed by atoms with Gasteiger partial charge in [0.05, 0.1) is 99.4 Å². The van der Waals surface area contributed by atoms with Crippen LogP contribution >= 0.6 is 23.2 Å². The molecule has 0 saturated heterocycles. The summed E-state index contributed by atoms with van der Waals surface area (Å²) in [6, 6.07) is 13.3. The molecule has 2 amide bonds. The van der Waals surface area contributed by atoms with Crippen LogP contribution in [0.4, 0.5) is 4.79 Å². The first-order chi connectivity index (χ1) is 33.1. The monoisotopic (exact) mass is 1030 g/mol. The molecule has 0 spiro atoms. The minimum absolute atomic E-state index is 0.109. The minimum Gasteiger partial charge on any atom is -0.479 e. The smallest absolute Gasteiger partial charge is 0.336 e. The Labute approximate surface area is 413 Å². The summed E-state index contributed by atoms with van der Waals surface area (Å²) in [4.78, 5) is 79.5. The largest absolute Gasteiger partial charge is 0.479 e. The molecule has 0 aromatic heterocycles. The van der Waals surface area contributed by atoms with Crippen molar-refractivity contribution in [2.75, 3.05) is 67.0 Å². The lowest BCUT2D eigenvalue weighted by atomic mass is 9.80. The first kappa shape index (κ1) is 61.4. The number of methoxy groups -OCH3 is 2. The minimum atomic E-state index is -2.27. The van der Waals surface area contributed by atoms with E-state index >= 15 is 0 Å². The van der Waals surface area contributed by atoms with Crippen molar-refractivity contribution in [3.05, 3.63) is 115 Å². The second-order valence-corrected chi connectivity index (χ2v) is 14.9. The van der Waals surface area contributed by atoms with Crippen molar-refractivity contribution in [3.8, 4) is 0 Å². The summed E-state index contributed by atoms with van der Waals surface area (Å²) < 4.78 is 31.6. The molecule has 2 heterocycles. The van der Waals surface area contributed by atoms with Crippen molar-refractivity contribution in [1.29, 1.82) is 0 Å². The van der Waals surface area contributed by atoms with E-state index < -0.39 is 65.9 Å². The number of dihydropyridines is 2. The Morgan fingerprint density at radius 3 is 1.17 bits per heavy atom. The third-order valence-electron chi connectivity index (χ3n) is 9.35. The highest BCUT2D eigenvalue weighted by atomic mass is 35.5. The Morgan fingerprint density at radius 2 is 0.914 bits per heavy atom. The van der Waals surface area contributed by atoms with E-state index in [2.05, 4.69) is 22.1 Å². The summed E-state index contributed by atoms with van der Waals surface area (Å²) in [5.74, 6) is -7.27. The molecule has 2 aromatic carbocycles. The molecule has 4 atom stereocenters. The van der Waals surface area contributed by atoms with Crippen molar-refractivity contribution in [3.63, 3.8) is 0 Å². The zero-order chi connectivity index (χ0) is 53.2. The summed E-state index contributed by atoms with van der Waals surface area (Å²) in [6.07, 6.45) is -4.53. The highest BCUT2D eigenvalue weighted by Gasteiger charge is 2.41. The molecule has 4 rings (SSSR count). The number of aliphatic carboxylic acids is 2. The fourth-order valence-electron chi connectivity index (χ4n) is 6.51. The molecule has 0 radical (unpaired) electrons. The average molecular weight is 1030 g/mol. The summed E-state index contributed by atoms with van der Waals surface area (Å²) in [5, 5.41) is 39.6. The highest BCUT2D eigenvalue weighted by Crippen LogP contribution is 2.43. The van der Waals surface area contributed by atoms with Gasteiger partial charge in [-0.2, -0.15) is 0 Å². The van der Waals surface area contributed by atoms with Crippen LogP contribution in [0.1, 0.15) is 50.7 Å². The number of ether oxygens (including phenoxy) is 6. The van der Waals surface area contributed by atoms with Crippen LogP contribution in [-0.4, -0.2) is 141 Å². The molecule has 14 N–H and O–H groups in total. The molecule has 0 unspecified atom stereocenters. The van der Waals surface area contributed by atoms with Gasteiger partial charge in [0.15, 0.2) is 12.2 Å². The van der Waals surface area contributed by atoms with Gasteiger partial charge in [0.2, 0.25) is 0 Å². The number of nitrogens with two attached hydrogens (primary N) is 4. The normalized spacial score (nSPS) is 15.9. The number of nitrogens with one attached hydrogen (secondary N) is 2. The molecular formula is C45H60Cl2N6O17. The van der Waals surface area contributed by atoms with Crippen LogP contribution in [0.25, 0.3) is 0 Å². The number of carbonyl (C=O) groups is 7. The number of carboxylic acid groups (broad SMARTS) is 2.